The van der Waals surface area contributed by atoms with E-state index in [4.69, 9.17) is 18.9 Å². The Morgan fingerprint density at radius 3 is 1.04 bits per heavy atom. The fraction of sp³-hybridized carbons (Fsp3) is 0.268. The summed E-state index contributed by atoms with van der Waals surface area (Å²) < 4.78 is 27.7. The zero-order chi connectivity index (χ0) is 33.7. The highest BCUT2D eigenvalue weighted by Crippen LogP contribution is 2.54. The molecule has 47 heavy (non-hydrogen) atoms. The summed E-state index contributed by atoms with van der Waals surface area (Å²) >= 11 is 0. The maximum absolute atomic E-state index is 13.8. The first-order chi connectivity index (χ1) is 22.6. The summed E-state index contributed by atoms with van der Waals surface area (Å²) in [4.78, 5) is 27.6. The first kappa shape index (κ1) is 33.6. The molecule has 0 aromatic heterocycles. The zero-order valence-corrected chi connectivity index (χ0v) is 27.5. The molecule has 242 valence electrons. The largest absolute Gasteiger partial charge is 0.443 e. The van der Waals surface area contributed by atoms with E-state index in [2.05, 4.69) is 13.2 Å². The summed E-state index contributed by atoms with van der Waals surface area (Å²) in [7, 11) is 0. The lowest BCUT2D eigenvalue weighted by atomic mass is 9.71. The number of ether oxygens (including phenoxy) is 4. The van der Waals surface area contributed by atoms with E-state index in [1.807, 2.05) is 135 Å². The van der Waals surface area contributed by atoms with Crippen LogP contribution in [-0.2, 0) is 39.7 Å². The van der Waals surface area contributed by atoms with Crippen molar-refractivity contribution in [2.45, 2.75) is 69.7 Å². The fourth-order valence-electron chi connectivity index (χ4n) is 6.34. The summed E-state index contributed by atoms with van der Waals surface area (Å²) in [5, 5.41) is 0. The average molecular weight is 631 g/mol. The number of hydrogen-bond donors (Lipinski definition) is 0. The zero-order valence-electron chi connectivity index (χ0n) is 27.5. The van der Waals surface area contributed by atoms with Crippen LogP contribution in [0.5, 0.6) is 0 Å². The van der Waals surface area contributed by atoms with Crippen LogP contribution in [0.2, 0.25) is 0 Å². The third-order valence-electron chi connectivity index (χ3n) is 8.85. The van der Waals surface area contributed by atoms with Gasteiger partial charge in [0.25, 0.3) is 0 Å². The monoisotopic (exact) mass is 630 g/mol. The molecule has 6 nitrogen and oxygen atoms in total. The van der Waals surface area contributed by atoms with Crippen LogP contribution in [0.3, 0.4) is 0 Å². The lowest BCUT2D eigenvalue weighted by molar-refractivity contribution is -0.207. The molecule has 0 unspecified atom stereocenters. The minimum absolute atomic E-state index is 0.222. The SMILES string of the molecule is C=C(C)C(=O)OC(c1ccccc1)(c1ccccc1)[C@@H]1OC(CC)(CC)O[C@H]1C(OC(=O)C(=C)C)(c1ccccc1)c1ccccc1. The lowest BCUT2D eigenvalue weighted by Gasteiger charge is -2.46. The Hall–Kier alpha value is -4.78. The second kappa shape index (κ2) is 13.9. The van der Waals surface area contributed by atoms with Gasteiger partial charge >= 0.3 is 11.9 Å². The number of carbonyl (C=O) groups excluding carboxylic acids is 2. The van der Waals surface area contributed by atoms with E-state index in [1.54, 1.807) is 13.8 Å². The fourth-order valence-corrected chi connectivity index (χ4v) is 6.34. The van der Waals surface area contributed by atoms with Crippen molar-refractivity contribution in [1.82, 2.24) is 0 Å². The third kappa shape index (κ3) is 6.19. The number of esters is 2. The van der Waals surface area contributed by atoms with Crippen molar-refractivity contribution in [2.24, 2.45) is 0 Å². The van der Waals surface area contributed by atoms with E-state index >= 15 is 0 Å². The van der Waals surface area contributed by atoms with Crippen molar-refractivity contribution in [3.8, 4) is 0 Å². The van der Waals surface area contributed by atoms with Crippen LogP contribution in [0.4, 0.5) is 0 Å². The van der Waals surface area contributed by atoms with E-state index in [0.717, 1.165) is 0 Å². The van der Waals surface area contributed by atoms with E-state index in [1.165, 1.54) is 0 Å². The van der Waals surface area contributed by atoms with Gasteiger partial charge in [0.1, 0.15) is 12.2 Å². The normalized spacial score (nSPS) is 17.4. The molecule has 0 radical (unpaired) electrons. The van der Waals surface area contributed by atoms with Gasteiger partial charge in [0.05, 0.1) is 0 Å². The number of hydrogen-bond acceptors (Lipinski definition) is 6. The molecule has 2 atom stereocenters. The number of benzene rings is 4. The van der Waals surface area contributed by atoms with Gasteiger partial charge in [-0.2, -0.15) is 0 Å². The Bertz CT molecular complexity index is 1490. The Morgan fingerprint density at radius 1 is 0.574 bits per heavy atom. The Kier molecular flexibility index (Phi) is 9.94. The van der Waals surface area contributed by atoms with Crippen LogP contribution in [0.25, 0.3) is 0 Å². The molecule has 0 bridgehead atoms. The molecule has 0 N–H and O–H groups in total. The molecular weight excluding hydrogens is 588 g/mol. The van der Waals surface area contributed by atoms with Gasteiger partial charge < -0.3 is 18.9 Å². The van der Waals surface area contributed by atoms with Crippen molar-refractivity contribution in [2.75, 3.05) is 0 Å². The molecule has 4 aromatic carbocycles. The topological polar surface area (TPSA) is 71.1 Å². The van der Waals surface area contributed by atoms with Gasteiger partial charge in [0.15, 0.2) is 17.0 Å². The molecule has 1 saturated heterocycles. The van der Waals surface area contributed by atoms with Gasteiger partial charge in [-0.05, 0) is 26.7 Å². The van der Waals surface area contributed by atoms with Crippen LogP contribution >= 0.6 is 0 Å². The van der Waals surface area contributed by atoms with Crippen molar-refractivity contribution in [3.63, 3.8) is 0 Å². The molecule has 1 fully saturated rings. The average Bonchev–Trinajstić information content (AvgIpc) is 3.52. The van der Waals surface area contributed by atoms with E-state index in [9.17, 15) is 9.59 Å². The number of rotatable bonds is 12. The summed E-state index contributed by atoms with van der Waals surface area (Å²) in [5.74, 6) is -2.33. The maximum Gasteiger partial charge on any atom is 0.334 e. The third-order valence-corrected chi connectivity index (χ3v) is 8.85. The van der Waals surface area contributed by atoms with Gasteiger partial charge in [0, 0.05) is 33.4 Å². The van der Waals surface area contributed by atoms with Crippen molar-refractivity contribution in [3.05, 3.63) is 168 Å². The van der Waals surface area contributed by atoms with Crippen molar-refractivity contribution >= 4 is 11.9 Å². The molecule has 6 heteroatoms. The molecule has 4 aromatic rings. The van der Waals surface area contributed by atoms with E-state index in [0.29, 0.717) is 35.1 Å². The van der Waals surface area contributed by atoms with E-state index in [-0.39, 0.29) is 11.1 Å². The summed E-state index contributed by atoms with van der Waals surface area (Å²) in [6.45, 7) is 15.0. The second-order valence-electron chi connectivity index (χ2n) is 12.0. The van der Waals surface area contributed by atoms with Crippen molar-refractivity contribution in [1.29, 1.82) is 0 Å². The lowest BCUT2D eigenvalue weighted by Crippen LogP contribution is -2.57. The quantitative estimate of drug-likeness (QED) is 0.116. The summed E-state index contributed by atoms with van der Waals surface area (Å²) in [5.41, 5.74) is -0.0980. The van der Waals surface area contributed by atoms with Gasteiger partial charge in [-0.3, -0.25) is 0 Å². The highest BCUT2D eigenvalue weighted by atomic mass is 16.8. The predicted molar refractivity (Wildman–Crippen MR) is 182 cm³/mol. The molecule has 0 aliphatic carbocycles. The van der Waals surface area contributed by atoms with Crippen LogP contribution < -0.4 is 0 Å². The molecule has 0 amide bonds. The molecular formula is C41H42O6. The molecule has 1 aliphatic rings. The van der Waals surface area contributed by atoms with Gasteiger partial charge in [-0.25, -0.2) is 9.59 Å². The van der Waals surface area contributed by atoms with Crippen LogP contribution in [0.15, 0.2) is 146 Å². The van der Waals surface area contributed by atoms with E-state index < -0.39 is 41.1 Å². The first-order valence-electron chi connectivity index (χ1n) is 16.0. The smallest absolute Gasteiger partial charge is 0.334 e. The Balaban J connectivity index is 1.94. The summed E-state index contributed by atoms with van der Waals surface area (Å²) in [6.07, 6.45) is -1.15. The highest BCUT2D eigenvalue weighted by molar-refractivity contribution is 5.88. The van der Waals surface area contributed by atoms with Crippen LogP contribution in [0.1, 0.15) is 62.8 Å². The first-order valence-corrected chi connectivity index (χ1v) is 16.0. The minimum Gasteiger partial charge on any atom is -0.443 e. The van der Waals surface area contributed by atoms with Gasteiger partial charge in [0.2, 0.25) is 0 Å². The molecule has 1 heterocycles. The van der Waals surface area contributed by atoms with Crippen LogP contribution in [-0.4, -0.2) is 29.9 Å². The molecule has 0 spiro atoms. The standard InChI is InChI=1S/C41H42O6/c1-7-39(8-2)44-35(40(46-37(42)29(3)4,31-21-13-9-14-22-31)32-23-15-10-16-24-32)36(45-39)41(47-38(43)30(5)6,33-25-17-11-18-26-33)34-27-19-12-20-28-34/h9-28,35-36H,3,5,7-8H2,1-2,4,6H3/t35-,36-/m1/s1. The molecule has 0 saturated carbocycles. The second-order valence-corrected chi connectivity index (χ2v) is 12.0. The Labute approximate surface area is 277 Å². The van der Waals surface area contributed by atoms with Gasteiger partial charge in [-0.1, -0.05) is 148 Å². The predicted octanol–water partition coefficient (Wildman–Crippen LogP) is 8.41. The molecule has 1 aliphatic heterocycles. The highest BCUT2D eigenvalue weighted by Gasteiger charge is 2.66. The molecule has 5 rings (SSSR count). The number of carbonyl (C=O) groups is 2. The maximum atomic E-state index is 13.8. The Morgan fingerprint density at radius 2 is 0.830 bits per heavy atom. The minimum atomic E-state index is -1.58. The van der Waals surface area contributed by atoms with Gasteiger partial charge in [-0.15, -0.1) is 0 Å². The van der Waals surface area contributed by atoms with Crippen LogP contribution in [0, 0.1) is 0 Å². The summed E-state index contributed by atoms with van der Waals surface area (Å²) in [6, 6.07) is 38.0. The van der Waals surface area contributed by atoms with Crippen molar-refractivity contribution < 1.29 is 28.5 Å².